The minimum absolute atomic E-state index is 0. The van der Waals surface area contributed by atoms with Crippen molar-refractivity contribution in [2.24, 2.45) is 5.92 Å². The molecule has 0 saturated heterocycles. The van der Waals surface area contributed by atoms with Crippen LogP contribution in [0.15, 0.2) is 152 Å². The van der Waals surface area contributed by atoms with E-state index in [1.807, 2.05) is 48.5 Å². The summed E-state index contributed by atoms with van der Waals surface area (Å²) in [6.45, 7) is 10.5. The number of nitrogens with one attached hydrogen (secondary N) is 5. The second-order valence-electron chi connectivity index (χ2n) is 25.0. The first-order chi connectivity index (χ1) is 46.5. The van der Waals surface area contributed by atoms with E-state index in [9.17, 15) is 43.2 Å². The van der Waals surface area contributed by atoms with Crippen molar-refractivity contribution in [2.45, 2.75) is 221 Å². The third kappa shape index (κ3) is 45.0. The maximum atomic E-state index is 14.2. The molecule has 5 aromatic carbocycles. The fourth-order valence-electron chi connectivity index (χ4n) is 10.4. The predicted octanol–water partition coefficient (Wildman–Crippen LogP) is 17.3. The molecule has 1 saturated carbocycles. The van der Waals surface area contributed by atoms with Gasteiger partial charge < -0.3 is 76.0 Å². The van der Waals surface area contributed by atoms with Gasteiger partial charge in [0, 0.05) is 35.7 Å². The molecular weight excluding hydrogens is 1550 g/mol. The number of halogens is 2. The summed E-state index contributed by atoms with van der Waals surface area (Å²) in [5, 5.41) is 31.6. The first-order valence-corrected chi connectivity index (χ1v) is 34.6. The van der Waals surface area contributed by atoms with Gasteiger partial charge in [0.15, 0.2) is 6.04 Å². The number of rotatable bonds is 18. The maximum Gasteiger partial charge on any atom is 2.00 e. The van der Waals surface area contributed by atoms with E-state index in [0.29, 0.717) is 58.4 Å². The third-order valence-electron chi connectivity index (χ3n) is 15.3. The molecule has 2 aliphatic heterocycles. The van der Waals surface area contributed by atoms with Crippen LogP contribution in [0.4, 0.5) is 0 Å². The summed E-state index contributed by atoms with van der Waals surface area (Å²) in [6, 6.07) is 32.8. The summed E-state index contributed by atoms with van der Waals surface area (Å²) >= 11 is 11.3. The topological polar surface area (TPSA) is 273 Å². The van der Waals surface area contributed by atoms with Crippen molar-refractivity contribution in [1.29, 1.82) is 0 Å². The Morgan fingerprint density at radius 3 is 1.57 bits per heavy atom. The van der Waals surface area contributed by atoms with Crippen molar-refractivity contribution in [3.63, 3.8) is 0 Å². The van der Waals surface area contributed by atoms with Crippen LogP contribution in [-0.2, 0) is 113 Å². The van der Waals surface area contributed by atoms with Crippen molar-refractivity contribution in [2.75, 3.05) is 6.54 Å². The third-order valence-corrected chi connectivity index (χ3v) is 15.8. The average molecular weight is 1670 g/mol. The maximum absolute atomic E-state index is 14.2. The number of carboxylic acid groups (broad SMARTS) is 2. The minimum atomic E-state index is -1.29. The molecular formula is C83H119Cl2N5O13Ru2. The summed E-state index contributed by atoms with van der Waals surface area (Å²) < 4.78 is 11.6. The fourth-order valence-corrected chi connectivity index (χ4v) is 10.6. The van der Waals surface area contributed by atoms with Crippen LogP contribution in [0.5, 0.6) is 11.5 Å². The normalized spacial score (nSPS) is 15.0. The SMILES string of the molecule is C.C.C1=CCCC1.C1=CCCC1.CCC.CCCC(NC(=O)C1Cc2cccc(c2)Oc2ccc(cc2)CCC(=O)NC(C2CCCCC2)C(=O)N1)C(=O)C(=O)NCC(=O)NC(C(=O)OC(C)(C)C)c1ccccc1.O=C(O)CCc1ccc(Cl)cc1.O=C(O)CCc1ccc(Cl)cc1.[CH3-].[CH3-].[CH3-].[CH3-].[Ru+2].[Ru+2]. The number of benzene rings is 5. The Bertz CT molecular complexity index is 3240. The van der Waals surface area contributed by atoms with Gasteiger partial charge in [-0.3, -0.25) is 38.4 Å². The molecule has 18 nitrogen and oxygen atoms in total. The molecule has 4 bridgehead atoms. The fraction of sp³-hybridized carbons (Fsp3) is 0.434. The van der Waals surface area contributed by atoms with Gasteiger partial charge in [0.2, 0.25) is 29.4 Å². The molecule has 5 aliphatic rings. The molecule has 0 aromatic heterocycles. The summed E-state index contributed by atoms with van der Waals surface area (Å²) in [5.41, 5.74) is 3.22. The first-order valence-electron chi connectivity index (χ1n) is 33.8. The Labute approximate surface area is 664 Å². The van der Waals surface area contributed by atoms with E-state index in [-0.39, 0.29) is 127 Å². The summed E-state index contributed by atoms with van der Waals surface area (Å²) in [5.74, 6) is -5.66. The number of ketones is 1. The van der Waals surface area contributed by atoms with E-state index >= 15 is 0 Å². The van der Waals surface area contributed by atoms with Crippen molar-refractivity contribution >= 4 is 76.4 Å². The number of aliphatic carboxylic acids is 2. The van der Waals surface area contributed by atoms with E-state index in [1.54, 1.807) is 107 Å². The Kier molecular flexibility index (Phi) is 60.5. The molecule has 0 spiro atoms. The number of carboxylic acids is 2. The second-order valence-corrected chi connectivity index (χ2v) is 25.9. The number of hydrogen-bond donors (Lipinski definition) is 7. The van der Waals surface area contributed by atoms with E-state index in [4.69, 9.17) is 42.9 Å². The molecule has 4 atom stereocenters. The second kappa shape index (κ2) is 59.7. The van der Waals surface area contributed by atoms with Crippen molar-refractivity contribution in [3.05, 3.63) is 219 Å². The summed E-state index contributed by atoms with van der Waals surface area (Å²) in [6.07, 6.45) is 25.2. The zero-order valence-electron chi connectivity index (χ0n) is 61.7. The van der Waals surface area contributed by atoms with Crippen molar-refractivity contribution in [1.82, 2.24) is 26.6 Å². The molecule has 584 valence electrons. The molecule has 2 heterocycles. The van der Waals surface area contributed by atoms with Crippen molar-refractivity contribution in [3.8, 4) is 11.5 Å². The molecule has 5 aromatic rings. The number of aryl methyl sites for hydroxylation is 3. The number of esters is 1. The van der Waals surface area contributed by atoms with Gasteiger partial charge in [-0.2, -0.15) is 0 Å². The van der Waals surface area contributed by atoms with Crippen LogP contribution in [-0.4, -0.2) is 93.7 Å². The number of amides is 5. The van der Waals surface area contributed by atoms with Crippen LogP contribution < -0.4 is 31.3 Å². The number of carbonyl (C=O) groups excluding carboxylic acids is 7. The number of Topliss-reactive ketones (excluding diaryl/α,β-unsaturated/α-hetero) is 1. The number of carbonyl (C=O) groups is 9. The first kappa shape index (κ1) is 106. The van der Waals surface area contributed by atoms with Crippen LogP contribution in [0.3, 0.4) is 0 Å². The number of fused-ring (bicyclic) bond motifs is 10. The predicted molar refractivity (Wildman–Crippen MR) is 419 cm³/mol. The van der Waals surface area contributed by atoms with E-state index in [2.05, 4.69) is 64.7 Å². The molecule has 22 heteroatoms. The molecule has 1 fully saturated rings. The van der Waals surface area contributed by atoms with E-state index in [0.717, 1.165) is 48.8 Å². The van der Waals surface area contributed by atoms with E-state index < -0.39 is 83.6 Å². The van der Waals surface area contributed by atoms with Crippen molar-refractivity contribution < 1.29 is 102 Å². The quantitative estimate of drug-likeness (QED) is 0.0142. The number of ether oxygens (including phenoxy) is 2. The smallest absolute Gasteiger partial charge is 0.481 e. The standard InChI is InChI=1S/C46H57N5O9.2C9H9ClO2.2C5H8.C3H8.2CH4.4CH3.2Ru/c1-5-13-35(41(54)44(57)47-28-38(53)51-40(32-17-10-7-11-18-32)45(58)60-46(2,3)4)48-42(55)36-27-30-14-12-19-34(26-30)59-33-23-20-29(21-24-33)22-25-37(52)50-39(43(56)49-36)31-15-8-6-9-16-31;2*10-8-4-1-7(2-5-8)3-6-9(11)12;2*1-2-4-5-3-1;1-3-2;;;;;;;;/h7,10-12,14,17-21,23-24,26,31,35-36,39-40H,5-6,8-9,13,15-16,22,25,27-28H2,1-4H3,(H,47,57)(H,48,55)(H,49,56)(H,50,52)(H,51,53);2*1-2,4-5H,3,6H2,(H,11,12);2*1-2H,3-5H2;3H2,1-2H3;2*1H4;4*1H3;;/q;;;;;;;;4*-1;2*+2. The molecule has 0 radical (unpaired) electrons. The molecule has 105 heavy (non-hydrogen) atoms. The zero-order chi connectivity index (χ0) is 71.0. The molecule has 4 unspecified atom stereocenters. The van der Waals surface area contributed by atoms with Gasteiger partial charge in [-0.1, -0.05) is 194 Å². The van der Waals surface area contributed by atoms with Crippen LogP contribution >= 0.6 is 23.2 Å². The molecule has 10 rings (SSSR count). The van der Waals surface area contributed by atoms with Crippen LogP contribution in [0, 0.1) is 35.6 Å². The molecule has 7 N–H and O–H groups in total. The summed E-state index contributed by atoms with van der Waals surface area (Å²) in [7, 11) is 0. The Balaban J connectivity index is -0.000000600. The van der Waals surface area contributed by atoms with E-state index in [1.165, 1.54) is 44.9 Å². The van der Waals surface area contributed by atoms with Gasteiger partial charge in [0.05, 0.1) is 12.6 Å². The minimum Gasteiger partial charge on any atom is -0.481 e. The Hall–Kier alpha value is -7.36. The van der Waals surface area contributed by atoms with Gasteiger partial charge in [-0.05, 0) is 180 Å². The van der Waals surface area contributed by atoms with Gasteiger partial charge in [-0.25, -0.2) is 4.79 Å². The van der Waals surface area contributed by atoms with Crippen LogP contribution in [0.2, 0.25) is 10.0 Å². The monoisotopic (exact) mass is 1670 g/mol. The Morgan fingerprint density at radius 2 is 1.11 bits per heavy atom. The summed E-state index contributed by atoms with van der Waals surface area (Å²) in [4.78, 5) is 115. The average Bonchev–Trinajstić information content (AvgIpc) is 1.57. The molecule has 3 aliphatic carbocycles. The van der Waals surface area contributed by atoms with Gasteiger partial charge in [-0.15, -0.1) is 0 Å². The number of allylic oxidation sites excluding steroid dienone is 4. The zero-order valence-corrected chi connectivity index (χ0v) is 66.7. The molecule has 5 amide bonds. The number of hydrogen-bond acceptors (Lipinski definition) is 11. The van der Waals surface area contributed by atoms with Crippen LogP contribution in [0.25, 0.3) is 0 Å². The van der Waals surface area contributed by atoms with Gasteiger partial charge in [0.1, 0.15) is 29.2 Å². The Morgan fingerprint density at radius 1 is 0.610 bits per heavy atom. The van der Waals surface area contributed by atoms with Gasteiger partial charge >= 0.3 is 56.9 Å². The van der Waals surface area contributed by atoms with Crippen LogP contribution in [0.1, 0.15) is 199 Å². The largest absolute Gasteiger partial charge is 2.00 e. The van der Waals surface area contributed by atoms with Gasteiger partial charge in [0.25, 0.3) is 5.91 Å².